The van der Waals surface area contributed by atoms with Gasteiger partial charge in [-0.1, -0.05) is 12.8 Å². The minimum absolute atomic E-state index is 0.0397. The molecule has 1 aliphatic heterocycles. The van der Waals surface area contributed by atoms with Crippen molar-refractivity contribution in [2.75, 3.05) is 6.54 Å². The van der Waals surface area contributed by atoms with Crippen molar-refractivity contribution in [2.24, 2.45) is 0 Å². The molecule has 1 saturated heterocycles. The summed E-state index contributed by atoms with van der Waals surface area (Å²) in [5.74, 6) is -0.752. The van der Waals surface area contributed by atoms with Gasteiger partial charge >= 0.3 is 5.97 Å². The number of carbonyl (C=O) groups excluding carboxylic acids is 1. The number of aliphatic carboxylic acids is 1. The molecule has 2 aliphatic rings. The van der Waals surface area contributed by atoms with Crippen molar-refractivity contribution in [3.63, 3.8) is 0 Å². The number of piperazine rings is 1. The Morgan fingerprint density at radius 2 is 2.05 bits per heavy atom. The Bertz CT molecular complexity index is 362. The van der Waals surface area contributed by atoms with E-state index < -0.39 is 5.97 Å². The largest absolute Gasteiger partial charge is 0.481 e. The third-order valence-electron chi connectivity index (χ3n) is 4.12. The van der Waals surface area contributed by atoms with Crippen LogP contribution >= 0.6 is 0 Å². The predicted molar refractivity (Wildman–Crippen MR) is 71.8 cm³/mol. The molecule has 108 valence electrons. The molecule has 1 aliphatic carbocycles. The zero-order valence-corrected chi connectivity index (χ0v) is 11.8. The first-order valence-electron chi connectivity index (χ1n) is 7.19. The Kier molecular flexibility index (Phi) is 4.13. The van der Waals surface area contributed by atoms with Gasteiger partial charge < -0.3 is 10.0 Å². The molecule has 1 amide bonds. The van der Waals surface area contributed by atoms with E-state index in [1.165, 1.54) is 12.8 Å². The number of nitrogens with zero attached hydrogens (tertiary/aromatic N) is 1. The second-order valence-corrected chi connectivity index (χ2v) is 6.42. The van der Waals surface area contributed by atoms with E-state index in [0.29, 0.717) is 12.5 Å². The van der Waals surface area contributed by atoms with E-state index in [4.69, 9.17) is 5.11 Å². The lowest BCUT2D eigenvalue weighted by Gasteiger charge is -2.45. The average Bonchev–Trinajstić information content (AvgIpc) is 2.83. The maximum atomic E-state index is 12.5. The molecule has 19 heavy (non-hydrogen) atoms. The summed E-state index contributed by atoms with van der Waals surface area (Å²) in [4.78, 5) is 25.2. The smallest absolute Gasteiger partial charge is 0.303 e. The lowest BCUT2D eigenvalue weighted by molar-refractivity contribution is -0.142. The summed E-state index contributed by atoms with van der Waals surface area (Å²) in [6.07, 6.45) is 4.99. The molecular formula is C14H24N2O3. The van der Waals surface area contributed by atoms with Crippen LogP contribution in [0, 0.1) is 0 Å². The van der Waals surface area contributed by atoms with Crippen molar-refractivity contribution in [3.05, 3.63) is 0 Å². The highest BCUT2D eigenvalue weighted by Crippen LogP contribution is 2.28. The predicted octanol–water partition coefficient (Wildman–Crippen LogP) is 1.37. The van der Waals surface area contributed by atoms with E-state index in [9.17, 15) is 9.59 Å². The van der Waals surface area contributed by atoms with Crippen LogP contribution in [-0.2, 0) is 9.59 Å². The minimum atomic E-state index is -0.842. The Morgan fingerprint density at radius 1 is 1.42 bits per heavy atom. The van der Waals surface area contributed by atoms with E-state index in [-0.39, 0.29) is 23.9 Å². The molecule has 0 spiro atoms. The number of carbonyl (C=O) groups is 2. The van der Waals surface area contributed by atoms with Gasteiger partial charge in [-0.3, -0.25) is 14.9 Å². The zero-order valence-electron chi connectivity index (χ0n) is 11.8. The molecule has 2 fully saturated rings. The molecule has 5 nitrogen and oxygen atoms in total. The third kappa shape index (κ3) is 3.47. The van der Waals surface area contributed by atoms with Crippen molar-refractivity contribution >= 4 is 11.9 Å². The number of carboxylic acid groups (broad SMARTS) is 1. The highest BCUT2D eigenvalue weighted by Gasteiger charge is 2.41. The topological polar surface area (TPSA) is 69.6 Å². The van der Waals surface area contributed by atoms with Gasteiger partial charge in [0.05, 0.1) is 6.04 Å². The molecule has 0 radical (unpaired) electrons. The normalized spacial score (nSPS) is 27.8. The summed E-state index contributed by atoms with van der Waals surface area (Å²) in [5.41, 5.74) is -0.139. The van der Waals surface area contributed by atoms with Gasteiger partial charge in [0, 0.05) is 24.5 Å². The van der Waals surface area contributed by atoms with Gasteiger partial charge in [-0.05, 0) is 33.1 Å². The molecule has 1 heterocycles. The summed E-state index contributed by atoms with van der Waals surface area (Å²) in [6, 6.07) is 0.0154. The maximum absolute atomic E-state index is 12.5. The fraction of sp³-hybridized carbons (Fsp3) is 0.857. The van der Waals surface area contributed by atoms with Crippen LogP contribution in [0.3, 0.4) is 0 Å². The summed E-state index contributed by atoms with van der Waals surface area (Å²) in [7, 11) is 0. The average molecular weight is 268 g/mol. The van der Waals surface area contributed by atoms with Crippen molar-refractivity contribution in [1.82, 2.24) is 10.2 Å². The van der Waals surface area contributed by atoms with E-state index in [2.05, 4.69) is 19.2 Å². The van der Waals surface area contributed by atoms with Crippen LogP contribution in [0.2, 0.25) is 0 Å². The molecule has 2 N–H and O–H groups in total. The first-order chi connectivity index (χ1) is 8.89. The van der Waals surface area contributed by atoms with Crippen LogP contribution in [0.25, 0.3) is 0 Å². The number of nitrogens with one attached hydrogen (secondary N) is 1. The van der Waals surface area contributed by atoms with Gasteiger partial charge in [-0.2, -0.15) is 0 Å². The van der Waals surface area contributed by atoms with E-state index in [0.717, 1.165) is 19.4 Å². The minimum Gasteiger partial charge on any atom is -0.481 e. The molecule has 0 aromatic rings. The molecule has 0 bridgehead atoms. The zero-order chi connectivity index (χ0) is 14.0. The third-order valence-corrected chi connectivity index (χ3v) is 4.12. The van der Waals surface area contributed by atoms with Crippen LogP contribution in [0.5, 0.6) is 0 Å². The van der Waals surface area contributed by atoms with E-state index in [1.54, 1.807) is 0 Å². The fourth-order valence-electron chi connectivity index (χ4n) is 3.27. The monoisotopic (exact) mass is 268 g/mol. The summed E-state index contributed by atoms with van der Waals surface area (Å²) in [5, 5.41) is 12.1. The van der Waals surface area contributed by atoms with Gasteiger partial charge in [-0.25, -0.2) is 0 Å². The number of rotatable bonds is 4. The Balaban J connectivity index is 2.06. The standard InChI is InChI=1S/C14H24N2O3/c1-14(2)9-16(10-5-3-4-6-10)13(19)11(15-14)7-8-12(17)18/h10-11,15H,3-9H2,1-2H3,(H,17,18). The SMILES string of the molecule is CC1(C)CN(C2CCCC2)C(=O)C(CCC(=O)O)N1. The number of amides is 1. The highest BCUT2D eigenvalue weighted by atomic mass is 16.4. The number of hydrogen-bond donors (Lipinski definition) is 2. The number of hydrogen-bond acceptors (Lipinski definition) is 3. The second kappa shape index (κ2) is 5.49. The first kappa shape index (κ1) is 14.3. The van der Waals surface area contributed by atoms with Crippen molar-refractivity contribution in [2.45, 2.75) is 70.0 Å². The first-order valence-corrected chi connectivity index (χ1v) is 7.19. The van der Waals surface area contributed by atoms with Crippen LogP contribution in [0.4, 0.5) is 0 Å². The maximum Gasteiger partial charge on any atom is 0.303 e. The lowest BCUT2D eigenvalue weighted by atomic mass is 9.94. The van der Waals surface area contributed by atoms with Gasteiger partial charge in [0.15, 0.2) is 0 Å². The van der Waals surface area contributed by atoms with Crippen molar-refractivity contribution in [1.29, 1.82) is 0 Å². The molecule has 0 aromatic carbocycles. The fourth-order valence-corrected chi connectivity index (χ4v) is 3.27. The molecule has 1 saturated carbocycles. The van der Waals surface area contributed by atoms with Crippen LogP contribution < -0.4 is 5.32 Å². The van der Waals surface area contributed by atoms with Crippen molar-refractivity contribution in [3.8, 4) is 0 Å². The van der Waals surface area contributed by atoms with Gasteiger partial charge in [0.1, 0.15) is 0 Å². The quantitative estimate of drug-likeness (QED) is 0.808. The highest BCUT2D eigenvalue weighted by molar-refractivity contribution is 5.84. The van der Waals surface area contributed by atoms with E-state index >= 15 is 0 Å². The van der Waals surface area contributed by atoms with Gasteiger partial charge in [-0.15, -0.1) is 0 Å². The Morgan fingerprint density at radius 3 is 2.63 bits per heavy atom. The molecule has 1 unspecified atom stereocenters. The van der Waals surface area contributed by atoms with Crippen LogP contribution in [0.1, 0.15) is 52.4 Å². The summed E-state index contributed by atoms with van der Waals surface area (Å²) in [6.45, 7) is 4.88. The van der Waals surface area contributed by atoms with E-state index in [1.807, 2.05) is 4.90 Å². The molecule has 1 atom stereocenters. The molecule has 0 aromatic heterocycles. The molecule has 5 heteroatoms. The molecular weight excluding hydrogens is 244 g/mol. The van der Waals surface area contributed by atoms with Gasteiger partial charge in [0.25, 0.3) is 0 Å². The number of carboxylic acids is 1. The Hall–Kier alpha value is -1.10. The van der Waals surface area contributed by atoms with Crippen LogP contribution in [0.15, 0.2) is 0 Å². The molecule has 2 rings (SSSR count). The second-order valence-electron chi connectivity index (χ2n) is 6.42. The lowest BCUT2D eigenvalue weighted by Crippen LogP contribution is -2.66. The van der Waals surface area contributed by atoms with Gasteiger partial charge in [0.2, 0.25) is 5.91 Å². The summed E-state index contributed by atoms with van der Waals surface area (Å²) < 4.78 is 0. The summed E-state index contributed by atoms with van der Waals surface area (Å²) >= 11 is 0. The van der Waals surface area contributed by atoms with Crippen molar-refractivity contribution < 1.29 is 14.7 Å². The Labute approximate surface area is 114 Å². The van der Waals surface area contributed by atoms with Crippen LogP contribution in [-0.4, -0.2) is 46.1 Å².